The number of carbonyl (C=O) groups is 1. The summed E-state index contributed by atoms with van der Waals surface area (Å²) >= 11 is 0. The highest BCUT2D eigenvalue weighted by Crippen LogP contribution is 2.11. The van der Waals surface area contributed by atoms with Crippen LogP contribution in [0.25, 0.3) is 0 Å². The summed E-state index contributed by atoms with van der Waals surface area (Å²) in [7, 11) is 0. The fourth-order valence-corrected chi connectivity index (χ4v) is 1.07. The van der Waals surface area contributed by atoms with Crippen LogP contribution < -0.4 is 0 Å². The van der Waals surface area contributed by atoms with Crippen molar-refractivity contribution in [1.29, 1.82) is 0 Å². The molecule has 1 nitrogen and oxygen atoms in total. The van der Waals surface area contributed by atoms with Gasteiger partial charge in [0.15, 0.2) is 0 Å². The average Bonchev–Trinajstić information content (AvgIpc) is 1.86. The normalized spacial score (nSPS) is 12.6. The van der Waals surface area contributed by atoms with Crippen LogP contribution in [0.4, 0.5) is 0 Å². The Balaban J connectivity index is 3.73. The van der Waals surface area contributed by atoms with E-state index in [0.717, 1.165) is 18.4 Å². The van der Waals surface area contributed by atoms with E-state index in [4.69, 9.17) is 0 Å². The molecule has 0 aliphatic carbocycles. The van der Waals surface area contributed by atoms with Gasteiger partial charge in [-0.1, -0.05) is 32.4 Å². The highest BCUT2D eigenvalue weighted by atomic mass is 16.1. The number of carbonyl (C=O) groups excluding carboxylic acids is 1. The summed E-state index contributed by atoms with van der Waals surface area (Å²) in [6, 6.07) is 0. The van der Waals surface area contributed by atoms with Crippen LogP contribution in [0.15, 0.2) is 12.2 Å². The Morgan fingerprint density at radius 3 is 2.45 bits per heavy atom. The fourth-order valence-electron chi connectivity index (χ4n) is 1.07. The van der Waals surface area contributed by atoms with Crippen LogP contribution in [0.1, 0.15) is 40.0 Å². The van der Waals surface area contributed by atoms with Crippen molar-refractivity contribution in [2.24, 2.45) is 5.92 Å². The first-order valence-corrected chi connectivity index (χ1v) is 4.25. The van der Waals surface area contributed by atoms with E-state index in [1.807, 2.05) is 13.8 Å². The third-order valence-corrected chi connectivity index (χ3v) is 1.75. The molecule has 0 saturated heterocycles. The molecule has 1 atom stereocenters. The van der Waals surface area contributed by atoms with Crippen molar-refractivity contribution in [2.75, 3.05) is 0 Å². The maximum atomic E-state index is 11.3. The van der Waals surface area contributed by atoms with E-state index in [1.54, 1.807) is 0 Å². The molecule has 0 heterocycles. The molecule has 1 unspecified atom stereocenters. The van der Waals surface area contributed by atoms with Crippen LogP contribution in [-0.2, 0) is 4.79 Å². The number of rotatable bonds is 5. The minimum atomic E-state index is 0.219. The fraction of sp³-hybridized carbons (Fsp3) is 0.700. The Morgan fingerprint density at radius 2 is 2.09 bits per heavy atom. The molecule has 0 aromatic carbocycles. The van der Waals surface area contributed by atoms with Gasteiger partial charge in [0.2, 0.25) is 0 Å². The zero-order valence-electron chi connectivity index (χ0n) is 7.81. The van der Waals surface area contributed by atoms with Gasteiger partial charge in [-0.05, 0) is 13.3 Å². The zero-order valence-corrected chi connectivity index (χ0v) is 7.81. The quantitative estimate of drug-likeness (QED) is 0.556. The third-order valence-electron chi connectivity index (χ3n) is 1.75. The molecular weight excluding hydrogens is 136 g/mol. The van der Waals surface area contributed by atoms with E-state index in [-0.39, 0.29) is 5.92 Å². The summed E-state index contributed by atoms with van der Waals surface area (Å²) < 4.78 is 0. The van der Waals surface area contributed by atoms with Gasteiger partial charge in [-0.2, -0.15) is 0 Å². The summed E-state index contributed by atoms with van der Waals surface area (Å²) in [6.45, 7) is 9.71. The molecule has 0 aromatic rings. The Kier molecular flexibility index (Phi) is 4.84. The lowest BCUT2D eigenvalue weighted by Crippen LogP contribution is -2.10. The van der Waals surface area contributed by atoms with Gasteiger partial charge in [-0.3, -0.25) is 4.79 Å². The molecule has 0 rings (SSSR count). The molecule has 0 saturated carbocycles. The highest BCUT2D eigenvalue weighted by molar-refractivity contribution is 5.82. The molecule has 0 spiro atoms. The molecule has 0 fully saturated rings. The van der Waals surface area contributed by atoms with E-state index in [2.05, 4.69) is 13.5 Å². The second-order valence-electron chi connectivity index (χ2n) is 3.29. The molecule has 0 aromatic heterocycles. The molecule has 11 heavy (non-hydrogen) atoms. The number of Topliss-reactive ketones (excluding diaryl/α,β-unsaturated/α-hetero) is 1. The van der Waals surface area contributed by atoms with Crippen molar-refractivity contribution < 1.29 is 4.79 Å². The van der Waals surface area contributed by atoms with Gasteiger partial charge in [0.1, 0.15) is 5.78 Å². The van der Waals surface area contributed by atoms with E-state index in [9.17, 15) is 4.79 Å². The van der Waals surface area contributed by atoms with Gasteiger partial charge >= 0.3 is 0 Å². The van der Waals surface area contributed by atoms with E-state index < -0.39 is 0 Å². The monoisotopic (exact) mass is 154 g/mol. The van der Waals surface area contributed by atoms with Crippen LogP contribution in [0.2, 0.25) is 0 Å². The molecule has 0 aliphatic rings. The molecule has 0 N–H and O–H groups in total. The second kappa shape index (κ2) is 5.11. The SMILES string of the molecule is C=C(C)CC(=O)C(C)CCC. The smallest absolute Gasteiger partial charge is 0.139 e. The summed E-state index contributed by atoms with van der Waals surface area (Å²) in [5.41, 5.74) is 0.970. The topological polar surface area (TPSA) is 17.1 Å². The maximum absolute atomic E-state index is 11.3. The van der Waals surface area contributed by atoms with E-state index >= 15 is 0 Å². The van der Waals surface area contributed by atoms with Crippen LogP contribution in [0.3, 0.4) is 0 Å². The molecular formula is C10H18O. The van der Waals surface area contributed by atoms with Gasteiger partial charge in [0.25, 0.3) is 0 Å². The molecule has 64 valence electrons. The predicted octanol–water partition coefficient (Wildman–Crippen LogP) is 2.96. The first kappa shape index (κ1) is 10.4. The number of allylic oxidation sites excluding steroid dienone is 1. The molecule has 0 bridgehead atoms. The van der Waals surface area contributed by atoms with Crippen molar-refractivity contribution >= 4 is 5.78 Å². The Labute approximate surface area is 69.5 Å². The third kappa shape index (κ3) is 4.77. The minimum Gasteiger partial charge on any atom is -0.299 e. The number of hydrogen-bond acceptors (Lipinski definition) is 1. The molecule has 1 heteroatoms. The average molecular weight is 154 g/mol. The first-order chi connectivity index (χ1) is 5.07. The number of ketones is 1. The lowest BCUT2D eigenvalue weighted by molar-refractivity contribution is -0.121. The number of hydrogen-bond donors (Lipinski definition) is 0. The largest absolute Gasteiger partial charge is 0.299 e. The summed E-state index contributed by atoms with van der Waals surface area (Å²) in [5.74, 6) is 0.552. The molecule has 0 amide bonds. The maximum Gasteiger partial charge on any atom is 0.139 e. The standard InChI is InChI=1S/C10H18O/c1-5-6-9(4)10(11)7-8(2)3/h9H,2,5-7H2,1,3-4H3. The van der Waals surface area contributed by atoms with Crippen LogP contribution in [-0.4, -0.2) is 5.78 Å². The lowest BCUT2D eigenvalue weighted by Gasteiger charge is -2.07. The van der Waals surface area contributed by atoms with Gasteiger partial charge in [-0.15, -0.1) is 0 Å². The first-order valence-electron chi connectivity index (χ1n) is 4.25. The van der Waals surface area contributed by atoms with E-state index in [0.29, 0.717) is 12.2 Å². The van der Waals surface area contributed by atoms with Crippen LogP contribution >= 0.6 is 0 Å². The summed E-state index contributed by atoms with van der Waals surface area (Å²) in [5, 5.41) is 0. The van der Waals surface area contributed by atoms with E-state index in [1.165, 1.54) is 0 Å². The summed E-state index contributed by atoms with van der Waals surface area (Å²) in [6.07, 6.45) is 2.65. The Bertz CT molecular complexity index is 147. The zero-order chi connectivity index (χ0) is 8.85. The van der Waals surface area contributed by atoms with Crippen molar-refractivity contribution in [3.8, 4) is 0 Å². The van der Waals surface area contributed by atoms with Gasteiger partial charge in [-0.25, -0.2) is 0 Å². The van der Waals surface area contributed by atoms with Crippen molar-refractivity contribution in [1.82, 2.24) is 0 Å². The van der Waals surface area contributed by atoms with Gasteiger partial charge in [0, 0.05) is 12.3 Å². The van der Waals surface area contributed by atoms with Gasteiger partial charge in [0.05, 0.1) is 0 Å². The Hall–Kier alpha value is -0.590. The summed E-state index contributed by atoms with van der Waals surface area (Å²) in [4.78, 5) is 11.3. The second-order valence-corrected chi connectivity index (χ2v) is 3.29. The molecule has 0 radical (unpaired) electrons. The van der Waals surface area contributed by atoms with Crippen LogP contribution in [0.5, 0.6) is 0 Å². The van der Waals surface area contributed by atoms with Crippen molar-refractivity contribution in [3.05, 3.63) is 12.2 Å². The minimum absolute atomic E-state index is 0.219. The Morgan fingerprint density at radius 1 is 1.55 bits per heavy atom. The van der Waals surface area contributed by atoms with Crippen LogP contribution in [0, 0.1) is 5.92 Å². The lowest BCUT2D eigenvalue weighted by atomic mass is 9.97. The predicted molar refractivity (Wildman–Crippen MR) is 48.5 cm³/mol. The highest BCUT2D eigenvalue weighted by Gasteiger charge is 2.10. The molecule has 0 aliphatic heterocycles. The van der Waals surface area contributed by atoms with Crippen molar-refractivity contribution in [2.45, 2.75) is 40.0 Å². The van der Waals surface area contributed by atoms with Gasteiger partial charge < -0.3 is 0 Å². The van der Waals surface area contributed by atoms with Crippen molar-refractivity contribution in [3.63, 3.8) is 0 Å².